The highest BCUT2D eigenvalue weighted by atomic mass is 16.2. The lowest BCUT2D eigenvalue weighted by Crippen LogP contribution is -2.48. The largest absolute Gasteiger partial charge is 0.368 e. The first-order chi connectivity index (χ1) is 13.3. The number of hydrogen-bond acceptors (Lipinski definition) is 4. The van der Waals surface area contributed by atoms with Crippen LogP contribution in [0.5, 0.6) is 0 Å². The van der Waals surface area contributed by atoms with E-state index in [0.29, 0.717) is 5.56 Å². The number of nitrogens with one attached hydrogen (secondary N) is 1. The monoisotopic (exact) mass is 358 g/mol. The van der Waals surface area contributed by atoms with E-state index >= 15 is 0 Å². The van der Waals surface area contributed by atoms with Crippen molar-refractivity contribution in [1.82, 2.24) is 9.88 Å². The lowest BCUT2D eigenvalue weighted by molar-refractivity contribution is 0.0746. The molecule has 1 aliphatic heterocycles. The van der Waals surface area contributed by atoms with Crippen LogP contribution >= 0.6 is 0 Å². The standard InChI is InChI=1S/C22H22N4O/c27-22(26-15-13-25(14-16-26)20-9-5-2-6-10-20)18-11-12-21(23-17-18)24-19-7-3-1-4-8-19/h1-12,17H,13-16H2,(H,23,24). The molecule has 0 saturated carbocycles. The average Bonchev–Trinajstić information content (AvgIpc) is 2.75. The summed E-state index contributed by atoms with van der Waals surface area (Å²) in [5.74, 6) is 0.771. The molecule has 0 unspecified atom stereocenters. The summed E-state index contributed by atoms with van der Waals surface area (Å²) in [7, 11) is 0. The van der Waals surface area contributed by atoms with Gasteiger partial charge < -0.3 is 15.1 Å². The van der Waals surface area contributed by atoms with E-state index in [2.05, 4.69) is 27.3 Å². The van der Waals surface area contributed by atoms with Gasteiger partial charge in [0.05, 0.1) is 5.56 Å². The second kappa shape index (κ2) is 7.91. The minimum atomic E-state index is 0.0430. The van der Waals surface area contributed by atoms with Crippen LogP contribution in [0, 0.1) is 0 Å². The number of pyridine rings is 1. The van der Waals surface area contributed by atoms with E-state index in [9.17, 15) is 4.79 Å². The van der Waals surface area contributed by atoms with Gasteiger partial charge in [0.15, 0.2) is 0 Å². The van der Waals surface area contributed by atoms with Crippen LogP contribution in [0.25, 0.3) is 0 Å². The second-order valence-electron chi connectivity index (χ2n) is 6.54. The number of hydrogen-bond donors (Lipinski definition) is 1. The van der Waals surface area contributed by atoms with Crippen LogP contribution in [-0.2, 0) is 0 Å². The van der Waals surface area contributed by atoms with E-state index in [1.54, 1.807) is 6.20 Å². The van der Waals surface area contributed by atoms with Gasteiger partial charge in [-0.3, -0.25) is 4.79 Å². The number of anilines is 3. The molecule has 0 spiro atoms. The first-order valence-corrected chi connectivity index (χ1v) is 9.17. The van der Waals surface area contributed by atoms with Crippen molar-refractivity contribution in [2.24, 2.45) is 0 Å². The fourth-order valence-electron chi connectivity index (χ4n) is 3.25. The van der Waals surface area contributed by atoms with Crippen LogP contribution in [-0.4, -0.2) is 42.0 Å². The highest BCUT2D eigenvalue weighted by molar-refractivity contribution is 5.94. The summed E-state index contributed by atoms with van der Waals surface area (Å²) < 4.78 is 0. The van der Waals surface area contributed by atoms with Gasteiger partial charge in [0, 0.05) is 43.8 Å². The van der Waals surface area contributed by atoms with Gasteiger partial charge in [0.1, 0.15) is 5.82 Å². The summed E-state index contributed by atoms with van der Waals surface area (Å²) in [6.45, 7) is 3.13. The Labute approximate surface area is 159 Å². The Morgan fingerprint density at radius 2 is 1.48 bits per heavy atom. The molecule has 5 nitrogen and oxygen atoms in total. The predicted molar refractivity (Wildman–Crippen MR) is 109 cm³/mol. The molecular weight excluding hydrogens is 336 g/mol. The van der Waals surface area contributed by atoms with Crippen LogP contribution in [0.3, 0.4) is 0 Å². The predicted octanol–water partition coefficient (Wildman–Crippen LogP) is 3.79. The lowest BCUT2D eigenvalue weighted by Gasteiger charge is -2.36. The fourth-order valence-corrected chi connectivity index (χ4v) is 3.25. The van der Waals surface area contributed by atoms with E-state index in [1.165, 1.54) is 5.69 Å². The Balaban J connectivity index is 1.36. The Kier molecular flexibility index (Phi) is 5.01. The van der Waals surface area contributed by atoms with Crippen molar-refractivity contribution in [3.8, 4) is 0 Å². The highest BCUT2D eigenvalue weighted by Gasteiger charge is 2.22. The molecule has 1 amide bonds. The fraction of sp³-hybridized carbons (Fsp3) is 0.182. The zero-order chi connectivity index (χ0) is 18.5. The molecule has 27 heavy (non-hydrogen) atoms. The molecule has 4 rings (SSSR count). The summed E-state index contributed by atoms with van der Waals surface area (Å²) in [6.07, 6.45) is 1.65. The molecule has 1 aromatic heterocycles. The van der Waals surface area contributed by atoms with Gasteiger partial charge >= 0.3 is 0 Å². The third-order valence-electron chi connectivity index (χ3n) is 4.74. The summed E-state index contributed by atoms with van der Waals surface area (Å²) in [4.78, 5) is 21.4. The van der Waals surface area contributed by atoms with E-state index < -0.39 is 0 Å². The van der Waals surface area contributed by atoms with Crippen molar-refractivity contribution in [2.75, 3.05) is 36.4 Å². The molecule has 2 aromatic carbocycles. The Hall–Kier alpha value is -3.34. The first-order valence-electron chi connectivity index (χ1n) is 9.17. The van der Waals surface area contributed by atoms with Gasteiger partial charge in [0.25, 0.3) is 5.91 Å². The smallest absolute Gasteiger partial charge is 0.255 e. The van der Waals surface area contributed by atoms with Gasteiger partial charge in [-0.2, -0.15) is 0 Å². The van der Waals surface area contributed by atoms with Crippen molar-refractivity contribution in [2.45, 2.75) is 0 Å². The summed E-state index contributed by atoms with van der Waals surface area (Å²) in [6, 6.07) is 23.9. The van der Waals surface area contributed by atoms with Crippen molar-refractivity contribution >= 4 is 23.1 Å². The Bertz CT molecular complexity index is 873. The van der Waals surface area contributed by atoms with Crippen molar-refractivity contribution < 1.29 is 4.79 Å². The topological polar surface area (TPSA) is 48.5 Å². The van der Waals surface area contributed by atoms with Gasteiger partial charge in [-0.1, -0.05) is 36.4 Å². The van der Waals surface area contributed by atoms with Gasteiger partial charge in [-0.05, 0) is 36.4 Å². The zero-order valence-corrected chi connectivity index (χ0v) is 15.1. The van der Waals surface area contributed by atoms with E-state index in [1.807, 2.05) is 65.6 Å². The van der Waals surface area contributed by atoms with Crippen molar-refractivity contribution in [1.29, 1.82) is 0 Å². The highest BCUT2D eigenvalue weighted by Crippen LogP contribution is 2.18. The summed E-state index contributed by atoms with van der Waals surface area (Å²) in [5, 5.41) is 3.23. The average molecular weight is 358 g/mol. The zero-order valence-electron chi connectivity index (χ0n) is 15.1. The van der Waals surface area contributed by atoms with Crippen LogP contribution in [0.1, 0.15) is 10.4 Å². The number of piperazine rings is 1. The van der Waals surface area contributed by atoms with Gasteiger partial charge in [-0.15, -0.1) is 0 Å². The van der Waals surface area contributed by atoms with E-state index in [0.717, 1.165) is 37.7 Å². The maximum Gasteiger partial charge on any atom is 0.255 e. The van der Waals surface area contributed by atoms with Crippen LogP contribution in [0.15, 0.2) is 79.0 Å². The molecule has 0 radical (unpaired) electrons. The van der Waals surface area contributed by atoms with E-state index in [-0.39, 0.29) is 5.91 Å². The van der Waals surface area contributed by atoms with Gasteiger partial charge in [-0.25, -0.2) is 4.98 Å². The molecule has 1 aliphatic rings. The molecule has 0 aliphatic carbocycles. The lowest BCUT2D eigenvalue weighted by atomic mass is 10.2. The molecule has 1 fully saturated rings. The number of benzene rings is 2. The molecule has 0 bridgehead atoms. The molecular formula is C22H22N4O. The van der Waals surface area contributed by atoms with Crippen LogP contribution in [0.4, 0.5) is 17.2 Å². The normalized spacial score (nSPS) is 14.1. The SMILES string of the molecule is O=C(c1ccc(Nc2ccccc2)nc1)N1CCN(c2ccccc2)CC1. The molecule has 1 N–H and O–H groups in total. The molecule has 0 atom stereocenters. The number of carbonyl (C=O) groups is 1. The van der Waals surface area contributed by atoms with Crippen LogP contribution < -0.4 is 10.2 Å². The minimum Gasteiger partial charge on any atom is -0.368 e. The van der Waals surface area contributed by atoms with Crippen LogP contribution in [0.2, 0.25) is 0 Å². The molecule has 2 heterocycles. The summed E-state index contributed by atoms with van der Waals surface area (Å²) >= 11 is 0. The third kappa shape index (κ3) is 4.08. The number of para-hydroxylation sites is 2. The number of nitrogens with zero attached hydrogens (tertiary/aromatic N) is 3. The number of rotatable bonds is 4. The molecule has 136 valence electrons. The maximum atomic E-state index is 12.8. The van der Waals surface area contributed by atoms with Crippen molar-refractivity contribution in [3.63, 3.8) is 0 Å². The maximum absolute atomic E-state index is 12.8. The summed E-state index contributed by atoms with van der Waals surface area (Å²) in [5.41, 5.74) is 2.81. The number of carbonyl (C=O) groups excluding carboxylic acids is 1. The molecule has 1 saturated heterocycles. The Morgan fingerprint density at radius 3 is 2.11 bits per heavy atom. The van der Waals surface area contributed by atoms with Crippen molar-refractivity contribution in [3.05, 3.63) is 84.6 Å². The van der Waals surface area contributed by atoms with E-state index in [4.69, 9.17) is 0 Å². The number of amides is 1. The minimum absolute atomic E-state index is 0.0430. The number of aromatic nitrogens is 1. The Morgan fingerprint density at radius 1 is 0.815 bits per heavy atom. The third-order valence-corrected chi connectivity index (χ3v) is 4.74. The second-order valence-corrected chi connectivity index (χ2v) is 6.54. The molecule has 5 heteroatoms. The first kappa shape index (κ1) is 17.1. The molecule has 3 aromatic rings. The quantitative estimate of drug-likeness (QED) is 0.771. The van der Waals surface area contributed by atoms with Gasteiger partial charge in [0.2, 0.25) is 0 Å².